The van der Waals surface area contributed by atoms with Crippen molar-refractivity contribution in [2.75, 3.05) is 32.8 Å². The van der Waals surface area contributed by atoms with Gasteiger partial charge < -0.3 is 14.5 Å². The molecule has 2 rings (SSSR count). The van der Waals surface area contributed by atoms with E-state index in [-0.39, 0.29) is 23.0 Å². The molecule has 1 aromatic carbocycles. The monoisotopic (exact) mass is 364 g/mol. The molecule has 1 heterocycles. The Morgan fingerprint density at radius 2 is 1.77 bits per heavy atom. The second-order valence-corrected chi connectivity index (χ2v) is 7.84. The molecule has 0 spiro atoms. The lowest BCUT2D eigenvalue weighted by atomic mass is 9.91. The summed E-state index contributed by atoms with van der Waals surface area (Å²) in [6, 6.07) is 4.30. The van der Waals surface area contributed by atoms with Gasteiger partial charge in [0.25, 0.3) is 5.91 Å². The van der Waals surface area contributed by atoms with E-state index >= 15 is 0 Å². The first-order chi connectivity index (χ1) is 12.2. The van der Waals surface area contributed by atoms with Gasteiger partial charge in [0.2, 0.25) is 5.91 Å². The summed E-state index contributed by atoms with van der Waals surface area (Å²) >= 11 is 0. The standard InChI is InChI=1S/C20H29FN2O3/c1-5-26-17-8-7-15(13-16(17)21)19(25)23-10-6-9-22(11-12-23)18(24)14-20(2,3)4/h7-8,13H,5-6,9-12,14H2,1-4H3. The molecule has 0 N–H and O–H groups in total. The van der Waals surface area contributed by atoms with Crippen LogP contribution in [-0.2, 0) is 4.79 Å². The fraction of sp³-hybridized carbons (Fsp3) is 0.600. The van der Waals surface area contributed by atoms with Crippen molar-refractivity contribution in [1.29, 1.82) is 0 Å². The molecule has 1 aromatic rings. The number of nitrogens with zero attached hydrogens (tertiary/aromatic N) is 2. The van der Waals surface area contributed by atoms with E-state index < -0.39 is 5.82 Å². The summed E-state index contributed by atoms with van der Waals surface area (Å²) in [5.41, 5.74) is 0.249. The van der Waals surface area contributed by atoms with Crippen LogP contribution >= 0.6 is 0 Å². The number of benzene rings is 1. The number of carbonyl (C=O) groups is 2. The highest BCUT2D eigenvalue weighted by atomic mass is 19.1. The first-order valence-corrected chi connectivity index (χ1v) is 9.20. The predicted octanol–water partition coefficient (Wildman–Crippen LogP) is 3.34. The molecule has 0 saturated carbocycles. The van der Waals surface area contributed by atoms with Crippen LogP contribution in [0, 0.1) is 11.2 Å². The molecular formula is C20H29FN2O3. The molecule has 6 heteroatoms. The molecule has 0 aliphatic carbocycles. The SMILES string of the molecule is CCOc1ccc(C(=O)N2CCCN(C(=O)CC(C)(C)C)CC2)cc1F. The Labute approximate surface area is 155 Å². The maximum Gasteiger partial charge on any atom is 0.254 e. The Bertz CT molecular complexity index is 655. The van der Waals surface area contributed by atoms with Crippen LogP contribution in [0.15, 0.2) is 18.2 Å². The molecule has 2 amide bonds. The molecule has 0 bridgehead atoms. The van der Waals surface area contributed by atoms with Gasteiger partial charge >= 0.3 is 0 Å². The fourth-order valence-electron chi connectivity index (χ4n) is 3.02. The van der Waals surface area contributed by atoms with E-state index in [0.717, 1.165) is 6.42 Å². The van der Waals surface area contributed by atoms with Gasteiger partial charge in [0.05, 0.1) is 6.61 Å². The first-order valence-electron chi connectivity index (χ1n) is 9.20. The van der Waals surface area contributed by atoms with E-state index in [1.54, 1.807) is 17.9 Å². The largest absolute Gasteiger partial charge is 0.491 e. The van der Waals surface area contributed by atoms with Gasteiger partial charge in [0.1, 0.15) is 0 Å². The van der Waals surface area contributed by atoms with Gasteiger partial charge in [-0.1, -0.05) is 20.8 Å². The summed E-state index contributed by atoms with van der Waals surface area (Å²) in [5.74, 6) is -0.468. The van der Waals surface area contributed by atoms with Gasteiger partial charge in [-0.05, 0) is 37.0 Å². The van der Waals surface area contributed by atoms with Gasteiger partial charge in [-0.15, -0.1) is 0 Å². The van der Waals surface area contributed by atoms with Crippen molar-refractivity contribution >= 4 is 11.8 Å². The maximum absolute atomic E-state index is 14.0. The second kappa shape index (κ2) is 8.52. The Hall–Kier alpha value is -2.11. The molecule has 1 aliphatic heterocycles. The third kappa shape index (κ3) is 5.44. The average Bonchev–Trinajstić information content (AvgIpc) is 2.81. The van der Waals surface area contributed by atoms with Crippen molar-refractivity contribution in [2.45, 2.75) is 40.5 Å². The van der Waals surface area contributed by atoms with Gasteiger partial charge in [0.15, 0.2) is 11.6 Å². The summed E-state index contributed by atoms with van der Waals surface area (Å²) in [5, 5.41) is 0. The highest BCUT2D eigenvalue weighted by molar-refractivity contribution is 5.94. The zero-order valence-electron chi connectivity index (χ0n) is 16.2. The molecule has 1 fully saturated rings. The van der Waals surface area contributed by atoms with Crippen LogP contribution in [0.4, 0.5) is 4.39 Å². The molecule has 1 saturated heterocycles. The van der Waals surface area contributed by atoms with Crippen molar-refractivity contribution in [3.63, 3.8) is 0 Å². The summed E-state index contributed by atoms with van der Waals surface area (Å²) in [6.45, 7) is 10.5. The maximum atomic E-state index is 14.0. The number of hydrogen-bond donors (Lipinski definition) is 0. The second-order valence-electron chi connectivity index (χ2n) is 7.84. The number of amides is 2. The summed E-state index contributed by atoms with van der Waals surface area (Å²) in [4.78, 5) is 28.6. The normalized spacial score (nSPS) is 15.6. The van der Waals surface area contributed by atoms with Crippen molar-refractivity contribution < 1.29 is 18.7 Å². The van der Waals surface area contributed by atoms with Crippen molar-refractivity contribution in [3.05, 3.63) is 29.6 Å². The predicted molar refractivity (Wildman–Crippen MR) is 98.7 cm³/mol. The lowest BCUT2D eigenvalue weighted by Crippen LogP contribution is -2.38. The Kier molecular flexibility index (Phi) is 6.62. The van der Waals surface area contributed by atoms with Gasteiger partial charge in [-0.2, -0.15) is 0 Å². The van der Waals surface area contributed by atoms with Crippen LogP contribution in [0.1, 0.15) is 50.9 Å². The first kappa shape index (κ1) is 20.2. The fourth-order valence-corrected chi connectivity index (χ4v) is 3.02. The van der Waals surface area contributed by atoms with Crippen molar-refractivity contribution in [2.24, 2.45) is 5.41 Å². The lowest BCUT2D eigenvalue weighted by Gasteiger charge is -2.25. The van der Waals surface area contributed by atoms with Crippen LogP contribution in [-0.4, -0.2) is 54.4 Å². The third-order valence-electron chi connectivity index (χ3n) is 4.30. The third-order valence-corrected chi connectivity index (χ3v) is 4.30. The minimum absolute atomic E-state index is 0.0568. The zero-order chi connectivity index (χ0) is 19.3. The van der Waals surface area contributed by atoms with Crippen molar-refractivity contribution in [3.8, 4) is 5.75 Å². The van der Waals surface area contributed by atoms with E-state index in [0.29, 0.717) is 44.8 Å². The molecule has 5 nitrogen and oxygen atoms in total. The van der Waals surface area contributed by atoms with Crippen LogP contribution < -0.4 is 4.74 Å². The molecule has 0 aromatic heterocycles. The van der Waals surface area contributed by atoms with Crippen LogP contribution in [0.25, 0.3) is 0 Å². The summed E-state index contributed by atoms with van der Waals surface area (Å²) in [6.07, 6.45) is 1.21. The Balaban J connectivity index is 2.01. The minimum atomic E-state index is -0.533. The Morgan fingerprint density at radius 1 is 1.12 bits per heavy atom. The molecular weight excluding hydrogens is 335 g/mol. The smallest absolute Gasteiger partial charge is 0.254 e. The lowest BCUT2D eigenvalue weighted by molar-refractivity contribution is -0.132. The molecule has 0 atom stereocenters. The highest BCUT2D eigenvalue weighted by Crippen LogP contribution is 2.22. The van der Waals surface area contributed by atoms with E-state index in [2.05, 4.69) is 0 Å². The molecule has 1 aliphatic rings. The number of carbonyl (C=O) groups excluding carboxylic acids is 2. The van der Waals surface area contributed by atoms with Gasteiger partial charge in [0, 0.05) is 38.2 Å². The topological polar surface area (TPSA) is 49.9 Å². The molecule has 144 valence electrons. The molecule has 0 radical (unpaired) electrons. The molecule has 0 unspecified atom stereocenters. The quantitative estimate of drug-likeness (QED) is 0.823. The summed E-state index contributed by atoms with van der Waals surface area (Å²) < 4.78 is 19.2. The van der Waals surface area contributed by atoms with Crippen LogP contribution in [0.2, 0.25) is 0 Å². The van der Waals surface area contributed by atoms with E-state index in [9.17, 15) is 14.0 Å². The van der Waals surface area contributed by atoms with Gasteiger partial charge in [-0.25, -0.2) is 4.39 Å². The zero-order valence-corrected chi connectivity index (χ0v) is 16.2. The van der Waals surface area contributed by atoms with Crippen molar-refractivity contribution in [1.82, 2.24) is 9.80 Å². The number of ether oxygens (including phenoxy) is 1. The number of hydrogen-bond acceptors (Lipinski definition) is 3. The highest BCUT2D eigenvalue weighted by Gasteiger charge is 2.25. The molecule has 26 heavy (non-hydrogen) atoms. The van der Waals surface area contributed by atoms with E-state index in [1.807, 2.05) is 25.7 Å². The minimum Gasteiger partial charge on any atom is -0.491 e. The van der Waals surface area contributed by atoms with E-state index in [4.69, 9.17) is 4.74 Å². The van der Waals surface area contributed by atoms with Crippen LogP contribution in [0.3, 0.4) is 0 Å². The van der Waals surface area contributed by atoms with Gasteiger partial charge in [-0.3, -0.25) is 9.59 Å². The summed E-state index contributed by atoms with van der Waals surface area (Å²) in [7, 11) is 0. The number of rotatable bonds is 4. The van der Waals surface area contributed by atoms with Crippen LogP contribution in [0.5, 0.6) is 5.75 Å². The Morgan fingerprint density at radius 3 is 2.38 bits per heavy atom. The van der Waals surface area contributed by atoms with E-state index in [1.165, 1.54) is 12.1 Å². The average molecular weight is 364 g/mol. The number of halogens is 1.